The van der Waals surface area contributed by atoms with Gasteiger partial charge in [-0.2, -0.15) is 0 Å². The van der Waals surface area contributed by atoms with Gasteiger partial charge in [-0.15, -0.1) is 0 Å². The number of sulfonamides is 1. The first kappa shape index (κ1) is 14.7. The molecule has 3 rings (SSSR count). The molecule has 114 valence electrons. The van der Waals surface area contributed by atoms with Gasteiger partial charge in [-0.05, 0) is 48.7 Å². The van der Waals surface area contributed by atoms with Crippen molar-refractivity contribution in [2.75, 3.05) is 0 Å². The van der Waals surface area contributed by atoms with E-state index >= 15 is 0 Å². The number of benzene rings is 2. The molecule has 0 spiro atoms. The van der Waals surface area contributed by atoms with E-state index in [0.717, 1.165) is 22.2 Å². The third-order valence-electron chi connectivity index (χ3n) is 3.50. The molecule has 0 aliphatic carbocycles. The molecule has 6 heteroatoms. The Morgan fingerprint density at radius 1 is 1.14 bits per heavy atom. The fourth-order valence-electron chi connectivity index (χ4n) is 2.26. The van der Waals surface area contributed by atoms with Crippen molar-refractivity contribution in [2.45, 2.75) is 25.3 Å². The second-order valence-corrected chi connectivity index (χ2v) is 6.98. The Kier molecular flexibility index (Phi) is 3.72. The number of rotatable bonds is 4. The number of fused-ring (bicyclic) bond motifs is 1. The van der Waals surface area contributed by atoms with Gasteiger partial charge in [0.2, 0.25) is 10.0 Å². The summed E-state index contributed by atoms with van der Waals surface area (Å²) in [5.74, 6) is 0. The van der Waals surface area contributed by atoms with Crippen molar-refractivity contribution in [2.24, 2.45) is 0 Å². The molecule has 1 N–H and O–H groups in total. The molecule has 22 heavy (non-hydrogen) atoms. The summed E-state index contributed by atoms with van der Waals surface area (Å²) in [5.41, 5.74) is 3.85. The largest absolute Gasteiger partial charge is 0.443 e. The minimum Gasteiger partial charge on any atom is -0.443 e. The highest BCUT2D eigenvalue weighted by Gasteiger charge is 2.16. The van der Waals surface area contributed by atoms with Crippen LogP contribution in [0.4, 0.5) is 0 Å². The summed E-state index contributed by atoms with van der Waals surface area (Å²) in [4.78, 5) is 4.35. The van der Waals surface area contributed by atoms with Crippen LogP contribution in [-0.4, -0.2) is 13.4 Å². The molecule has 2 aromatic carbocycles. The molecule has 1 heterocycles. The second kappa shape index (κ2) is 5.55. The van der Waals surface area contributed by atoms with Crippen LogP contribution in [0, 0.1) is 13.8 Å². The van der Waals surface area contributed by atoms with Gasteiger partial charge in [0.05, 0.1) is 4.90 Å². The van der Waals surface area contributed by atoms with Gasteiger partial charge in [0, 0.05) is 6.54 Å². The van der Waals surface area contributed by atoms with Crippen molar-refractivity contribution in [3.05, 3.63) is 59.5 Å². The van der Waals surface area contributed by atoms with Crippen molar-refractivity contribution in [1.82, 2.24) is 9.71 Å². The number of aromatic nitrogens is 1. The summed E-state index contributed by atoms with van der Waals surface area (Å²) in [6.45, 7) is 3.86. The van der Waals surface area contributed by atoms with Crippen LogP contribution >= 0.6 is 0 Å². The average Bonchev–Trinajstić information content (AvgIpc) is 2.95. The van der Waals surface area contributed by atoms with Crippen LogP contribution in [0.3, 0.4) is 0 Å². The molecular formula is C16H16N2O3S. The highest BCUT2D eigenvalue weighted by molar-refractivity contribution is 7.89. The Bertz CT molecular complexity index is 929. The Morgan fingerprint density at radius 2 is 1.95 bits per heavy atom. The first-order valence-electron chi connectivity index (χ1n) is 6.85. The van der Waals surface area contributed by atoms with E-state index in [1.54, 1.807) is 25.1 Å². The van der Waals surface area contributed by atoms with Crippen molar-refractivity contribution in [3.63, 3.8) is 0 Å². The minimum absolute atomic E-state index is 0.201. The first-order valence-corrected chi connectivity index (χ1v) is 8.33. The summed E-state index contributed by atoms with van der Waals surface area (Å²) in [6.07, 6.45) is 1.37. The molecule has 0 saturated carbocycles. The smallest absolute Gasteiger partial charge is 0.241 e. The number of oxazole rings is 1. The zero-order valence-electron chi connectivity index (χ0n) is 12.3. The van der Waals surface area contributed by atoms with Crippen LogP contribution in [0.25, 0.3) is 11.1 Å². The van der Waals surface area contributed by atoms with Gasteiger partial charge < -0.3 is 4.42 Å². The van der Waals surface area contributed by atoms with Crippen LogP contribution in [0.1, 0.15) is 16.7 Å². The van der Waals surface area contributed by atoms with E-state index < -0.39 is 10.0 Å². The molecular weight excluding hydrogens is 300 g/mol. The molecule has 0 amide bonds. The molecule has 0 radical (unpaired) electrons. The van der Waals surface area contributed by atoms with Crippen LogP contribution in [-0.2, 0) is 16.6 Å². The van der Waals surface area contributed by atoms with Crippen LogP contribution < -0.4 is 4.72 Å². The lowest BCUT2D eigenvalue weighted by atomic mass is 10.2. The van der Waals surface area contributed by atoms with Gasteiger partial charge in [0.1, 0.15) is 5.52 Å². The highest BCUT2D eigenvalue weighted by atomic mass is 32.2. The molecule has 5 nitrogen and oxygen atoms in total. The van der Waals surface area contributed by atoms with E-state index in [0.29, 0.717) is 10.5 Å². The highest BCUT2D eigenvalue weighted by Crippen LogP contribution is 2.18. The quantitative estimate of drug-likeness (QED) is 0.803. The summed E-state index contributed by atoms with van der Waals surface area (Å²) >= 11 is 0. The maximum absolute atomic E-state index is 12.4. The summed E-state index contributed by atoms with van der Waals surface area (Å²) in [5, 5.41) is 0. The van der Waals surface area contributed by atoms with E-state index in [4.69, 9.17) is 4.42 Å². The molecule has 0 unspecified atom stereocenters. The molecule has 0 aliphatic heterocycles. The number of hydrogen-bond acceptors (Lipinski definition) is 4. The standard InChI is InChI=1S/C16H16N2O3S/c1-11-3-4-12(2)16(7-11)22(19,20)18-9-13-5-6-14-15(8-13)21-10-17-14/h3-8,10,18H,9H2,1-2H3. The van der Waals surface area contributed by atoms with Crippen LogP contribution in [0.15, 0.2) is 52.1 Å². The number of nitrogens with zero attached hydrogens (tertiary/aromatic N) is 1. The lowest BCUT2D eigenvalue weighted by molar-refractivity contribution is 0.580. The fraction of sp³-hybridized carbons (Fsp3) is 0.188. The van der Waals surface area contributed by atoms with E-state index in [1.165, 1.54) is 6.39 Å². The molecule has 0 saturated heterocycles. The molecule has 0 atom stereocenters. The predicted octanol–water partition coefficient (Wildman–Crippen LogP) is 2.92. The zero-order valence-corrected chi connectivity index (χ0v) is 13.1. The predicted molar refractivity (Wildman–Crippen MR) is 84.0 cm³/mol. The van der Waals surface area contributed by atoms with E-state index in [1.807, 2.05) is 25.1 Å². The van der Waals surface area contributed by atoms with Crippen LogP contribution in [0.2, 0.25) is 0 Å². The zero-order chi connectivity index (χ0) is 15.7. The van der Waals surface area contributed by atoms with E-state index in [-0.39, 0.29) is 6.54 Å². The van der Waals surface area contributed by atoms with Gasteiger partial charge in [-0.3, -0.25) is 0 Å². The molecule has 0 fully saturated rings. The second-order valence-electron chi connectivity index (χ2n) is 5.25. The third kappa shape index (κ3) is 2.88. The van der Waals surface area contributed by atoms with Gasteiger partial charge in [-0.1, -0.05) is 18.2 Å². The summed E-state index contributed by atoms with van der Waals surface area (Å²) in [6, 6.07) is 10.8. The van der Waals surface area contributed by atoms with Crippen molar-refractivity contribution >= 4 is 21.1 Å². The first-order chi connectivity index (χ1) is 10.5. The van der Waals surface area contributed by atoms with Crippen LogP contribution in [0.5, 0.6) is 0 Å². The Labute approximate surface area is 129 Å². The normalized spacial score (nSPS) is 11.9. The van der Waals surface area contributed by atoms with Gasteiger partial charge in [-0.25, -0.2) is 18.1 Å². The van der Waals surface area contributed by atoms with Crippen molar-refractivity contribution in [3.8, 4) is 0 Å². The lowest BCUT2D eigenvalue weighted by Crippen LogP contribution is -2.24. The average molecular weight is 316 g/mol. The molecule has 0 aliphatic rings. The fourth-order valence-corrected chi connectivity index (χ4v) is 3.61. The summed E-state index contributed by atoms with van der Waals surface area (Å²) in [7, 11) is -3.55. The van der Waals surface area contributed by atoms with Crippen molar-refractivity contribution < 1.29 is 12.8 Å². The Balaban J connectivity index is 1.83. The molecule has 3 aromatic rings. The van der Waals surface area contributed by atoms with E-state index in [9.17, 15) is 8.42 Å². The number of hydrogen-bond donors (Lipinski definition) is 1. The maximum atomic E-state index is 12.4. The van der Waals surface area contributed by atoms with Gasteiger partial charge >= 0.3 is 0 Å². The maximum Gasteiger partial charge on any atom is 0.241 e. The Hall–Kier alpha value is -2.18. The Morgan fingerprint density at radius 3 is 2.77 bits per heavy atom. The molecule has 1 aromatic heterocycles. The van der Waals surface area contributed by atoms with Gasteiger partial charge in [0.15, 0.2) is 12.0 Å². The number of aryl methyl sites for hydroxylation is 2. The lowest BCUT2D eigenvalue weighted by Gasteiger charge is -2.10. The topological polar surface area (TPSA) is 72.2 Å². The monoisotopic (exact) mass is 316 g/mol. The molecule has 0 bridgehead atoms. The van der Waals surface area contributed by atoms with E-state index in [2.05, 4.69) is 9.71 Å². The minimum atomic E-state index is -3.55. The van der Waals surface area contributed by atoms with Crippen molar-refractivity contribution in [1.29, 1.82) is 0 Å². The summed E-state index contributed by atoms with van der Waals surface area (Å²) < 4.78 is 32.7. The van der Waals surface area contributed by atoms with Gasteiger partial charge in [0.25, 0.3) is 0 Å². The number of nitrogens with one attached hydrogen (secondary N) is 1. The third-order valence-corrected chi connectivity index (χ3v) is 5.04. The SMILES string of the molecule is Cc1ccc(C)c(S(=O)(=O)NCc2ccc3ncoc3c2)c1.